The monoisotopic (exact) mass is 386 g/mol. The van der Waals surface area contributed by atoms with Crippen molar-refractivity contribution in [3.05, 3.63) is 58.6 Å². The molecule has 2 aromatic carbocycles. The standard InChI is InChI=1S/C21H23ClN2O3/c22-18-2-4-19(5-3-18)27-15-21(25)24-10-8-23(9-11-24)14-16-1-6-20-17(13-16)7-12-26-20/h1-6,13H,7-12,14-15H2. The average Bonchev–Trinajstić information content (AvgIpc) is 3.16. The van der Waals surface area contributed by atoms with Gasteiger partial charge < -0.3 is 14.4 Å². The summed E-state index contributed by atoms with van der Waals surface area (Å²) in [6.45, 7) is 4.98. The predicted octanol–water partition coefficient (Wildman–Crippen LogP) is 3.00. The predicted molar refractivity (Wildman–Crippen MR) is 104 cm³/mol. The Hall–Kier alpha value is -2.24. The number of carbonyl (C=O) groups excluding carboxylic acids is 1. The number of nitrogens with zero attached hydrogens (tertiary/aromatic N) is 2. The van der Waals surface area contributed by atoms with Gasteiger partial charge in [0.25, 0.3) is 5.91 Å². The molecular weight excluding hydrogens is 364 g/mol. The number of benzene rings is 2. The molecular formula is C21H23ClN2O3. The maximum atomic E-state index is 12.4. The van der Waals surface area contributed by atoms with E-state index in [1.165, 1.54) is 11.1 Å². The van der Waals surface area contributed by atoms with Crippen molar-refractivity contribution in [1.82, 2.24) is 9.80 Å². The summed E-state index contributed by atoms with van der Waals surface area (Å²) in [7, 11) is 0. The first-order chi connectivity index (χ1) is 13.2. The van der Waals surface area contributed by atoms with Crippen LogP contribution < -0.4 is 9.47 Å². The fourth-order valence-electron chi connectivity index (χ4n) is 3.52. The first-order valence-corrected chi connectivity index (χ1v) is 9.68. The number of rotatable bonds is 5. The highest BCUT2D eigenvalue weighted by molar-refractivity contribution is 6.30. The number of halogens is 1. The minimum Gasteiger partial charge on any atom is -0.493 e. The smallest absolute Gasteiger partial charge is 0.260 e. The van der Waals surface area contributed by atoms with Crippen molar-refractivity contribution >= 4 is 17.5 Å². The fourth-order valence-corrected chi connectivity index (χ4v) is 3.65. The van der Waals surface area contributed by atoms with E-state index in [0.29, 0.717) is 10.8 Å². The second-order valence-electron chi connectivity index (χ2n) is 6.94. The molecule has 2 aliphatic rings. The Morgan fingerprint density at radius 3 is 2.63 bits per heavy atom. The average molecular weight is 387 g/mol. The van der Waals surface area contributed by atoms with Gasteiger partial charge in [0.15, 0.2) is 6.61 Å². The maximum absolute atomic E-state index is 12.4. The second kappa shape index (κ2) is 8.19. The Kier molecular flexibility index (Phi) is 5.50. The number of piperazine rings is 1. The van der Waals surface area contributed by atoms with Crippen LogP contribution in [0.2, 0.25) is 5.02 Å². The van der Waals surface area contributed by atoms with Gasteiger partial charge in [-0.3, -0.25) is 9.69 Å². The van der Waals surface area contributed by atoms with Crippen LogP contribution in [0.4, 0.5) is 0 Å². The molecule has 0 aromatic heterocycles. The molecule has 27 heavy (non-hydrogen) atoms. The van der Waals surface area contributed by atoms with Crippen molar-refractivity contribution in [3.63, 3.8) is 0 Å². The van der Waals surface area contributed by atoms with Crippen LogP contribution in [-0.4, -0.2) is 55.1 Å². The normalized spacial score (nSPS) is 16.7. The van der Waals surface area contributed by atoms with Gasteiger partial charge in [-0.25, -0.2) is 0 Å². The molecule has 0 aliphatic carbocycles. The van der Waals surface area contributed by atoms with Crippen LogP contribution in [0.15, 0.2) is 42.5 Å². The third kappa shape index (κ3) is 4.54. The number of carbonyl (C=O) groups is 1. The van der Waals surface area contributed by atoms with E-state index in [1.54, 1.807) is 24.3 Å². The third-order valence-corrected chi connectivity index (χ3v) is 5.31. The van der Waals surface area contributed by atoms with E-state index in [0.717, 1.165) is 51.5 Å². The van der Waals surface area contributed by atoms with Gasteiger partial charge in [0.2, 0.25) is 0 Å². The molecule has 5 nitrogen and oxygen atoms in total. The van der Waals surface area contributed by atoms with Crippen LogP contribution in [0.25, 0.3) is 0 Å². The lowest BCUT2D eigenvalue weighted by molar-refractivity contribution is -0.135. The Morgan fingerprint density at radius 2 is 1.85 bits per heavy atom. The molecule has 0 N–H and O–H groups in total. The molecule has 2 aliphatic heterocycles. The number of hydrogen-bond donors (Lipinski definition) is 0. The zero-order valence-corrected chi connectivity index (χ0v) is 16.0. The molecule has 0 radical (unpaired) electrons. The minimum absolute atomic E-state index is 0.0271. The molecule has 0 unspecified atom stereocenters. The Balaban J connectivity index is 1.23. The van der Waals surface area contributed by atoms with Crippen LogP contribution >= 0.6 is 11.6 Å². The van der Waals surface area contributed by atoms with Crippen molar-refractivity contribution in [2.24, 2.45) is 0 Å². The van der Waals surface area contributed by atoms with Crippen molar-refractivity contribution in [3.8, 4) is 11.5 Å². The summed E-state index contributed by atoms with van der Waals surface area (Å²) in [6, 6.07) is 13.5. The van der Waals surface area contributed by atoms with E-state index in [1.807, 2.05) is 4.90 Å². The molecule has 1 fully saturated rings. The number of hydrogen-bond acceptors (Lipinski definition) is 4. The van der Waals surface area contributed by atoms with Crippen LogP contribution in [0, 0.1) is 0 Å². The van der Waals surface area contributed by atoms with E-state index in [9.17, 15) is 4.79 Å². The Labute approximate surface area is 164 Å². The lowest BCUT2D eigenvalue weighted by Crippen LogP contribution is -2.49. The molecule has 1 amide bonds. The van der Waals surface area contributed by atoms with E-state index >= 15 is 0 Å². The molecule has 1 saturated heterocycles. The summed E-state index contributed by atoms with van der Waals surface area (Å²) in [5, 5.41) is 0.653. The van der Waals surface area contributed by atoms with Gasteiger partial charge in [-0.15, -0.1) is 0 Å². The van der Waals surface area contributed by atoms with Gasteiger partial charge in [-0.1, -0.05) is 23.7 Å². The Morgan fingerprint density at radius 1 is 1.07 bits per heavy atom. The molecule has 2 aromatic rings. The first-order valence-electron chi connectivity index (χ1n) is 9.30. The molecule has 0 spiro atoms. The van der Waals surface area contributed by atoms with Crippen LogP contribution in [0.3, 0.4) is 0 Å². The van der Waals surface area contributed by atoms with Gasteiger partial charge in [0, 0.05) is 44.2 Å². The van der Waals surface area contributed by atoms with E-state index < -0.39 is 0 Å². The molecule has 0 atom stereocenters. The van der Waals surface area contributed by atoms with Crippen molar-refractivity contribution in [2.75, 3.05) is 39.4 Å². The zero-order valence-electron chi connectivity index (χ0n) is 15.2. The van der Waals surface area contributed by atoms with Crippen LogP contribution in [-0.2, 0) is 17.8 Å². The zero-order chi connectivity index (χ0) is 18.6. The summed E-state index contributed by atoms with van der Waals surface area (Å²) in [4.78, 5) is 16.6. The highest BCUT2D eigenvalue weighted by Gasteiger charge is 2.22. The summed E-state index contributed by atoms with van der Waals surface area (Å²) in [6.07, 6.45) is 0.999. The maximum Gasteiger partial charge on any atom is 0.260 e. The van der Waals surface area contributed by atoms with Gasteiger partial charge in [-0.2, -0.15) is 0 Å². The van der Waals surface area contributed by atoms with Crippen LogP contribution in [0.5, 0.6) is 11.5 Å². The number of fused-ring (bicyclic) bond motifs is 1. The highest BCUT2D eigenvalue weighted by Crippen LogP contribution is 2.26. The SMILES string of the molecule is O=C(COc1ccc(Cl)cc1)N1CCN(Cc2ccc3c(c2)CCO3)CC1. The van der Waals surface area contributed by atoms with E-state index in [4.69, 9.17) is 21.1 Å². The quantitative estimate of drug-likeness (QED) is 0.792. The summed E-state index contributed by atoms with van der Waals surface area (Å²) in [5.41, 5.74) is 2.62. The summed E-state index contributed by atoms with van der Waals surface area (Å²) >= 11 is 5.85. The lowest BCUT2D eigenvalue weighted by atomic mass is 10.1. The van der Waals surface area contributed by atoms with Gasteiger partial charge in [0.05, 0.1) is 6.61 Å². The third-order valence-electron chi connectivity index (χ3n) is 5.06. The van der Waals surface area contributed by atoms with Crippen LogP contribution in [0.1, 0.15) is 11.1 Å². The Bertz CT molecular complexity index is 802. The highest BCUT2D eigenvalue weighted by atomic mass is 35.5. The molecule has 142 valence electrons. The molecule has 4 rings (SSSR count). The topological polar surface area (TPSA) is 42.0 Å². The molecule has 6 heteroatoms. The fraction of sp³-hybridized carbons (Fsp3) is 0.381. The van der Waals surface area contributed by atoms with E-state index in [-0.39, 0.29) is 12.5 Å². The van der Waals surface area contributed by atoms with Crippen molar-refractivity contribution in [2.45, 2.75) is 13.0 Å². The van der Waals surface area contributed by atoms with Crippen molar-refractivity contribution in [1.29, 1.82) is 0 Å². The summed E-state index contributed by atoms with van der Waals surface area (Å²) < 4.78 is 11.1. The molecule has 0 saturated carbocycles. The lowest BCUT2D eigenvalue weighted by Gasteiger charge is -2.34. The van der Waals surface area contributed by atoms with Gasteiger partial charge in [0.1, 0.15) is 11.5 Å². The minimum atomic E-state index is 0.0271. The largest absolute Gasteiger partial charge is 0.493 e. The number of amides is 1. The summed E-state index contributed by atoms with van der Waals surface area (Å²) in [5.74, 6) is 1.71. The first kappa shape index (κ1) is 18.1. The van der Waals surface area contributed by atoms with Gasteiger partial charge >= 0.3 is 0 Å². The van der Waals surface area contributed by atoms with Gasteiger partial charge in [-0.05, 0) is 41.5 Å². The van der Waals surface area contributed by atoms with E-state index in [2.05, 4.69) is 23.1 Å². The second-order valence-corrected chi connectivity index (χ2v) is 7.38. The molecule has 2 heterocycles. The number of ether oxygens (including phenoxy) is 2. The molecule has 0 bridgehead atoms. The van der Waals surface area contributed by atoms with Crippen molar-refractivity contribution < 1.29 is 14.3 Å².